The number of non-ortho nitro benzene ring substituents is 2. The highest BCUT2D eigenvalue weighted by Crippen LogP contribution is 2.54. The van der Waals surface area contributed by atoms with Crippen molar-refractivity contribution in [3.05, 3.63) is 106 Å². The van der Waals surface area contributed by atoms with Crippen LogP contribution in [-0.2, 0) is 0 Å². The number of hydrogen-bond acceptors (Lipinski definition) is 9. The number of nitrogens with zero attached hydrogens (tertiary/aromatic N) is 4. The van der Waals surface area contributed by atoms with Gasteiger partial charge in [-0.1, -0.05) is 19.1 Å². The predicted octanol–water partition coefficient (Wildman–Crippen LogP) is 5.68. The van der Waals surface area contributed by atoms with Gasteiger partial charge in [0.1, 0.15) is 5.75 Å². The maximum atomic E-state index is 11.9. The van der Waals surface area contributed by atoms with E-state index in [-0.39, 0.29) is 27.8 Å². The van der Waals surface area contributed by atoms with Gasteiger partial charge in [0, 0.05) is 23.3 Å². The molecule has 0 bridgehead atoms. The summed E-state index contributed by atoms with van der Waals surface area (Å²) in [7, 11) is 0. The predicted molar refractivity (Wildman–Crippen MR) is 128 cm³/mol. The second kappa shape index (κ2) is 9.21. The van der Waals surface area contributed by atoms with Crippen LogP contribution in [0.1, 0.15) is 30.0 Å². The molecule has 0 aromatic heterocycles. The van der Waals surface area contributed by atoms with Crippen molar-refractivity contribution in [3.63, 3.8) is 0 Å². The van der Waals surface area contributed by atoms with Crippen LogP contribution in [0.5, 0.6) is 5.75 Å². The fourth-order valence-electron chi connectivity index (χ4n) is 4.02. The van der Waals surface area contributed by atoms with Crippen LogP contribution in [0.3, 0.4) is 0 Å². The Labute approximate surface area is 201 Å². The van der Waals surface area contributed by atoms with E-state index in [0.717, 1.165) is 30.7 Å². The molecule has 0 unspecified atom stereocenters. The molecule has 4 rings (SSSR count). The summed E-state index contributed by atoms with van der Waals surface area (Å²) in [5.41, 5.74) is -2.40. The van der Waals surface area contributed by atoms with Crippen molar-refractivity contribution >= 4 is 34.4 Å². The van der Waals surface area contributed by atoms with Crippen LogP contribution in [0.2, 0.25) is 0 Å². The average molecular weight is 492 g/mol. The molecule has 3 aromatic rings. The summed E-state index contributed by atoms with van der Waals surface area (Å²) in [6, 6.07) is 10.2. The van der Waals surface area contributed by atoms with Crippen LogP contribution in [0.4, 0.5) is 22.7 Å². The normalized spacial score (nSPS) is 11.4. The second-order valence-corrected chi connectivity index (χ2v) is 7.78. The zero-order chi connectivity index (χ0) is 26.1. The molecule has 0 saturated carbocycles. The van der Waals surface area contributed by atoms with Crippen LogP contribution in [0.15, 0.2) is 48.5 Å². The molecule has 13 heteroatoms. The number of ether oxygens (including phenoxy) is 1. The lowest BCUT2D eigenvalue weighted by Gasteiger charge is -2.06. The van der Waals surface area contributed by atoms with E-state index in [9.17, 15) is 40.5 Å². The summed E-state index contributed by atoms with van der Waals surface area (Å²) < 4.78 is 5.54. The van der Waals surface area contributed by atoms with E-state index in [1.165, 1.54) is 6.08 Å². The lowest BCUT2D eigenvalue weighted by Crippen LogP contribution is -1.99. The Kier molecular flexibility index (Phi) is 6.13. The summed E-state index contributed by atoms with van der Waals surface area (Å²) in [4.78, 5) is 43.4. The summed E-state index contributed by atoms with van der Waals surface area (Å²) >= 11 is 0. The van der Waals surface area contributed by atoms with Crippen molar-refractivity contribution in [2.75, 3.05) is 6.61 Å². The Morgan fingerprint density at radius 3 is 1.58 bits per heavy atom. The molecule has 0 heterocycles. The third-order valence-corrected chi connectivity index (χ3v) is 5.51. The molecule has 1 aliphatic rings. The maximum absolute atomic E-state index is 11.9. The van der Waals surface area contributed by atoms with Crippen LogP contribution in [0, 0.1) is 40.5 Å². The highest BCUT2D eigenvalue weighted by atomic mass is 16.6. The minimum Gasteiger partial charge on any atom is -0.494 e. The van der Waals surface area contributed by atoms with Gasteiger partial charge in [-0.15, -0.1) is 0 Å². The van der Waals surface area contributed by atoms with Crippen LogP contribution < -0.4 is 4.74 Å². The fourth-order valence-corrected chi connectivity index (χ4v) is 4.02. The van der Waals surface area contributed by atoms with Gasteiger partial charge in [0.25, 0.3) is 22.7 Å². The molecule has 13 nitrogen and oxygen atoms in total. The number of nitro benzene ring substituents is 4. The summed E-state index contributed by atoms with van der Waals surface area (Å²) in [6.45, 7) is 2.45. The molecule has 36 heavy (non-hydrogen) atoms. The smallest absolute Gasteiger partial charge is 0.284 e. The first kappa shape index (κ1) is 23.9. The number of benzene rings is 3. The van der Waals surface area contributed by atoms with E-state index in [0.29, 0.717) is 17.9 Å². The summed E-state index contributed by atoms with van der Waals surface area (Å²) in [5.74, 6) is 0.587. The van der Waals surface area contributed by atoms with Crippen molar-refractivity contribution in [1.29, 1.82) is 0 Å². The highest BCUT2D eigenvalue weighted by Gasteiger charge is 2.40. The van der Waals surface area contributed by atoms with E-state index in [1.807, 2.05) is 6.92 Å². The molecule has 0 atom stereocenters. The zero-order valence-corrected chi connectivity index (χ0v) is 18.6. The monoisotopic (exact) mass is 492 g/mol. The third-order valence-electron chi connectivity index (χ3n) is 5.51. The fraction of sp³-hybridized carbons (Fsp3) is 0.130. The standard InChI is InChI=1S/C23H16N4O9/c1-2-7-36-16-5-3-13(4-6-16)8-17-18-9-14(24(28)29)11-20(26(32)33)22(18)23-19(17)10-15(25(30)31)12-21(23)27(34)35/h3-6,8-12H,2,7H2,1H3. The van der Waals surface area contributed by atoms with Crippen molar-refractivity contribution in [2.45, 2.75) is 13.3 Å². The van der Waals surface area contributed by atoms with Crippen molar-refractivity contribution in [3.8, 4) is 16.9 Å². The van der Waals surface area contributed by atoms with Gasteiger partial charge >= 0.3 is 0 Å². The SMILES string of the molecule is CCCOc1ccc(C=C2c3cc([N+](=O)[O-])cc([N+](=O)[O-])c3-c3c2cc([N+](=O)[O-])cc3[N+](=O)[O-])cc1. The molecule has 0 fully saturated rings. The topological polar surface area (TPSA) is 182 Å². The van der Waals surface area contributed by atoms with Crippen molar-refractivity contribution in [2.24, 2.45) is 0 Å². The van der Waals surface area contributed by atoms with E-state index in [1.54, 1.807) is 24.3 Å². The Bertz CT molecular complexity index is 1400. The largest absolute Gasteiger partial charge is 0.494 e. The number of nitro groups is 4. The molecule has 0 N–H and O–H groups in total. The molecular formula is C23H16N4O9. The van der Waals surface area contributed by atoms with Crippen LogP contribution in [-0.4, -0.2) is 26.3 Å². The van der Waals surface area contributed by atoms with Gasteiger partial charge in [-0.25, -0.2) is 0 Å². The first-order valence-electron chi connectivity index (χ1n) is 10.5. The van der Waals surface area contributed by atoms with Gasteiger partial charge < -0.3 is 4.74 Å². The van der Waals surface area contributed by atoms with Gasteiger partial charge in [-0.3, -0.25) is 40.5 Å². The molecule has 0 aliphatic heterocycles. The second-order valence-electron chi connectivity index (χ2n) is 7.78. The first-order valence-corrected chi connectivity index (χ1v) is 10.5. The van der Waals surface area contributed by atoms with E-state index in [4.69, 9.17) is 4.74 Å². The lowest BCUT2D eigenvalue weighted by molar-refractivity contribution is -0.395. The highest BCUT2D eigenvalue weighted by molar-refractivity contribution is 6.12. The molecular weight excluding hydrogens is 476 g/mol. The van der Waals surface area contributed by atoms with Crippen molar-refractivity contribution < 1.29 is 24.4 Å². The molecule has 182 valence electrons. The lowest BCUT2D eigenvalue weighted by atomic mass is 10.00. The third kappa shape index (κ3) is 4.20. The molecule has 3 aromatic carbocycles. The minimum absolute atomic E-state index is 0.0131. The first-order chi connectivity index (χ1) is 17.1. The Balaban J connectivity index is 2.06. The Morgan fingerprint density at radius 1 is 0.722 bits per heavy atom. The number of rotatable bonds is 8. The van der Waals surface area contributed by atoms with E-state index < -0.39 is 42.4 Å². The summed E-state index contributed by atoms with van der Waals surface area (Å²) in [5, 5.41) is 46.7. The number of fused-ring (bicyclic) bond motifs is 3. The van der Waals surface area contributed by atoms with Crippen molar-refractivity contribution in [1.82, 2.24) is 0 Å². The average Bonchev–Trinajstić information content (AvgIpc) is 3.15. The molecule has 0 radical (unpaired) electrons. The van der Waals surface area contributed by atoms with Crippen LogP contribution in [0.25, 0.3) is 22.8 Å². The molecule has 0 spiro atoms. The van der Waals surface area contributed by atoms with E-state index >= 15 is 0 Å². The Morgan fingerprint density at radius 2 is 1.19 bits per heavy atom. The van der Waals surface area contributed by atoms with Gasteiger partial charge in [-0.2, -0.15) is 0 Å². The molecule has 0 amide bonds. The quantitative estimate of drug-likeness (QED) is 0.221. The van der Waals surface area contributed by atoms with Gasteiger partial charge in [0.15, 0.2) is 0 Å². The van der Waals surface area contributed by atoms with Gasteiger partial charge in [0.2, 0.25) is 0 Å². The maximum Gasteiger partial charge on any atom is 0.284 e. The van der Waals surface area contributed by atoms with Gasteiger partial charge in [0.05, 0.1) is 49.6 Å². The number of hydrogen-bond donors (Lipinski definition) is 0. The summed E-state index contributed by atoms with van der Waals surface area (Å²) in [6.07, 6.45) is 2.31. The Hall–Kier alpha value is -5.20. The molecule has 0 saturated heterocycles. The van der Waals surface area contributed by atoms with Crippen LogP contribution >= 0.6 is 0 Å². The minimum atomic E-state index is -0.871. The van der Waals surface area contributed by atoms with Gasteiger partial charge in [-0.05, 0) is 35.8 Å². The van der Waals surface area contributed by atoms with E-state index in [2.05, 4.69) is 0 Å². The zero-order valence-electron chi connectivity index (χ0n) is 18.6. The molecule has 1 aliphatic carbocycles.